The lowest BCUT2D eigenvalue weighted by molar-refractivity contribution is 0.0319. The van der Waals surface area contributed by atoms with Crippen LogP contribution in [0.5, 0.6) is 17.2 Å². The largest absolute Gasteiger partial charge is 0.494 e. The third kappa shape index (κ3) is 13.2. The first-order chi connectivity index (χ1) is 21.9. The highest BCUT2D eigenvalue weighted by molar-refractivity contribution is 5.93. The molecule has 0 bridgehead atoms. The molecule has 1 unspecified atom stereocenters. The summed E-state index contributed by atoms with van der Waals surface area (Å²) in [4.78, 5) is 37.7. The molecule has 7 heteroatoms. The molecular weight excluding hydrogens is 568 g/mol. The van der Waals surface area contributed by atoms with Crippen molar-refractivity contribution in [2.24, 2.45) is 0 Å². The minimum absolute atomic E-state index is 0.154. The first kappa shape index (κ1) is 35.4. The fourth-order valence-corrected chi connectivity index (χ4v) is 4.75. The van der Waals surface area contributed by atoms with E-state index >= 15 is 0 Å². The Morgan fingerprint density at radius 2 is 0.911 bits per heavy atom. The van der Waals surface area contributed by atoms with Gasteiger partial charge in [-0.1, -0.05) is 71.6 Å². The summed E-state index contributed by atoms with van der Waals surface area (Å²) in [5.41, 5.74) is 1.08. The van der Waals surface area contributed by atoms with Crippen molar-refractivity contribution in [3.05, 3.63) is 89.5 Å². The van der Waals surface area contributed by atoms with E-state index in [1.165, 1.54) is 62.8 Å². The van der Waals surface area contributed by atoms with Crippen LogP contribution in [-0.4, -0.2) is 30.6 Å². The fourth-order valence-electron chi connectivity index (χ4n) is 4.75. The summed E-state index contributed by atoms with van der Waals surface area (Å²) < 4.78 is 22.2. The summed E-state index contributed by atoms with van der Waals surface area (Å²) in [6.07, 6.45) is 13.8. The van der Waals surface area contributed by atoms with E-state index in [-0.39, 0.29) is 11.7 Å². The maximum absolute atomic E-state index is 12.6. The van der Waals surface area contributed by atoms with Crippen LogP contribution in [0.2, 0.25) is 0 Å². The number of hydrogen-bond donors (Lipinski definition) is 0. The van der Waals surface area contributed by atoms with E-state index in [2.05, 4.69) is 13.8 Å². The van der Waals surface area contributed by atoms with Crippen molar-refractivity contribution in [2.75, 3.05) is 6.61 Å². The zero-order valence-corrected chi connectivity index (χ0v) is 27.1. The van der Waals surface area contributed by atoms with Crippen molar-refractivity contribution in [1.29, 1.82) is 0 Å². The predicted molar refractivity (Wildman–Crippen MR) is 176 cm³/mol. The molecule has 0 saturated carbocycles. The Kier molecular flexibility index (Phi) is 15.7. The standard InChI is InChI=1S/C38H48O7/c1-4-6-8-10-11-12-14-28-42-33-22-16-31(17-23-33)37(40)44-35-26-20-32(21-27-35)38(41)45-34-24-18-30(19-25-34)36(39)43-29(3)15-13-9-7-5-2/h16-27,29H,4-15,28H2,1-3H3. The Morgan fingerprint density at radius 1 is 0.511 bits per heavy atom. The van der Waals surface area contributed by atoms with Gasteiger partial charge in [0, 0.05) is 0 Å². The molecule has 0 N–H and O–H groups in total. The van der Waals surface area contributed by atoms with Crippen molar-refractivity contribution in [3.63, 3.8) is 0 Å². The van der Waals surface area contributed by atoms with Gasteiger partial charge in [-0.25, -0.2) is 14.4 Å². The lowest BCUT2D eigenvalue weighted by Crippen LogP contribution is -2.15. The van der Waals surface area contributed by atoms with Crippen molar-refractivity contribution >= 4 is 17.9 Å². The van der Waals surface area contributed by atoms with E-state index in [0.29, 0.717) is 29.2 Å². The molecule has 3 aromatic carbocycles. The number of unbranched alkanes of at least 4 members (excludes halogenated alkanes) is 9. The molecule has 0 aliphatic rings. The van der Waals surface area contributed by atoms with Gasteiger partial charge in [0.15, 0.2) is 0 Å². The normalized spacial score (nSPS) is 11.4. The van der Waals surface area contributed by atoms with Gasteiger partial charge in [-0.05, 0) is 99.0 Å². The lowest BCUT2D eigenvalue weighted by atomic mass is 10.1. The molecule has 0 aliphatic heterocycles. The molecule has 0 spiro atoms. The van der Waals surface area contributed by atoms with E-state index < -0.39 is 17.9 Å². The number of carbonyl (C=O) groups is 3. The van der Waals surface area contributed by atoms with Gasteiger partial charge in [0.05, 0.1) is 29.4 Å². The van der Waals surface area contributed by atoms with Gasteiger partial charge in [0.2, 0.25) is 0 Å². The molecule has 45 heavy (non-hydrogen) atoms. The van der Waals surface area contributed by atoms with Gasteiger partial charge in [-0.15, -0.1) is 0 Å². The van der Waals surface area contributed by atoms with Crippen LogP contribution in [0.15, 0.2) is 72.8 Å². The van der Waals surface area contributed by atoms with Gasteiger partial charge in [0.1, 0.15) is 17.2 Å². The quantitative estimate of drug-likeness (QED) is 0.0709. The Balaban J connectivity index is 1.40. The number of hydrogen-bond acceptors (Lipinski definition) is 7. The highest BCUT2D eigenvalue weighted by Gasteiger charge is 2.15. The first-order valence-corrected chi connectivity index (χ1v) is 16.5. The second-order valence-corrected chi connectivity index (χ2v) is 11.4. The minimum atomic E-state index is -0.573. The maximum atomic E-state index is 12.6. The number of ether oxygens (including phenoxy) is 4. The first-order valence-electron chi connectivity index (χ1n) is 16.5. The van der Waals surface area contributed by atoms with E-state index in [9.17, 15) is 14.4 Å². The SMILES string of the molecule is CCCCCCCCCOc1ccc(C(=O)Oc2ccc(C(=O)Oc3ccc(C(=O)OC(C)CCCCCC)cc3)cc2)cc1. The van der Waals surface area contributed by atoms with Crippen LogP contribution in [0.3, 0.4) is 0 Å². The molecule has 0 amide bonds. The van der Waals surface area contributed by atoms with Crippen LogP contribution in [0, 0.1) is 0 Å². The topological polar surface area (TPSA) is 88.1 Å². The third-order valence-corrected chi connectivity index (χ3v) is 7.48. The average Bonchev–Trinajstić information content (AvgIpc) is 3.05. The van der Waals surface area contributed by atoms with E-state index in [0.717, 1.165) is 44.3 Å². The predicted octanol–water partition coefficient (Wildman–Crippen LogP) is 9.77. The van der Waals surface area contributed by atoms with Gasteiger partial charge in [-0.3, -0.25) is 0 Å². The molecule has 0 heterocycles. The monoisotopic (exact) mass is 616 g/mol. The van der Waals surface area contributed by atoms with E-state index in [1.54, 1.807) is 48.5 Å². The zero-order chi connectivity index (χ0) is 32.3. The molecule has 0 aromatic heterocycles. The number of benzene rings is 3. The smallest absolute Gasteiger partial charge is 0.343 e. The summed E-state index contributed by atoms with van der Waals surface area (Å²) in [5, 5.41) is 0. The molecule has 0 radical (unpaired) electrons. The summed E-state index contributed by atoms with van der Waals surface area (Å²) in [6, 6.07) is 19.3. The second kappa shape index (κ2) is 20.0. The summed E-state index contributed by atoms with van der Waals surface area (Å²) in [5.74, 6) is -0.154. The van der Waals surface area contributed by atoms with Gasteiger partial charge in [-0.2, -0.15) is 0 Å². The van der Waals surface area contributed by atoms with Crippen molar-refractivity contribution < 1.29 is 33.3 Å². The van der Waals surface area contributed by atoms with Crippen LogP contribution >= 0.6 is 0 Å². The van der Waals surface area contributed by atoms with Gasteiger partial charge in [0.25, 0.3) is 0 Å². The maximum Gasteiger partial charge on any atom is 0.343 e. The fraction of sp³-hybridized carbons (Fsp3) is 0.447. The molecule has 3 aromatic rings. The van der Waals surface area contributed by atoms with Crippen LogP contribution < -0.4 is 14.2 Å². The average molecular weight is 617 g/mol. The Labute approximate surface area is 268 Å². The molecule has 0 fully saturated rings. The van der Waals surface area contributed by atoms with Crippen molar-refractivity contribution in [2.45, 2.75) is 104 Å². The second-order valence-electron chi connectivity index (χ2n) is 11.4. The summed E-state index contributed by atoms with van der Waals surface area (Å²) >= 11 is 0. The van der Waals surface area contributed by atoms with Crippen molar-refractivity contribution in [3.8, 4) is 17.2 Å². The highest BCUT2D eigenvalue weighted by Crippen LogP contribution is 2.20. The molecular formula is C38H48O7. The van der Waals surface area contributed by atoms with Gasteiger partial charge < -0.3 is 18.9 Å². The van der Waals surface area contributed by atoms with Crippen molar-refractivity contribution in [1.82, 2.24) is 0 Å². The minimum Gasteiger partial charge on any atom is -0.494 e. The summed E-state index contributed by atoms with van der Waals surface area (Å²) in [6.45, 7) is 6.94. The molecule has 0 saturated heterocycles. The Morgan fingerprint density at radius 3 is 1.40 bits per heavy atom. The molecule has 0 aliphatic carbocycles. The van der Waals surface area contributed by atoms with Crippen LogP contribution in [0.25, 0.3) is 0 Å². The Bertz CT molecular complexity index is 1300. The molecule has 1 atom stereocenters. The molecule has 242 valence electrons. The van der Waals surface area contributed by atoms with E-state index in [4.69, 9.17) is 18.9 Å². The van der Waals surface area contributed by atoms with Crippen LogP contribution in [0.4, 0.5) is 0 Å². The van der Waals surface area contributed by atoms with Crippen LogP contribution in [0.1, 0.15) is 129 Å². The number of carbonyl (C=O) groups excluding carboxylic acids is 3. The highest BCUT2D eigenvalue weighted by atomic mass is 16.5. The lowest BCUT2D eigenvalue weighted by Gasteiger charge is -2.13. The summed E-state index contributed by atoms with van der Waals surface area (Å²) in [7, 11) is 0. The Hall–Kier alpha value is -4.13. The number of esters is 3. The third-order valence-electron chi connectivity index (χ3n) is 7.48. The van der Waals surface area contributed by atoms with Gasteiger partial charge >= 0.3 is 17.9 Å². The zero-order valence-electron chi connectivity index (χ0n) is 27.1. The molecule has 7 nitrogen and oxygen atoms in total. The van der Waals surface area contributed by atoms with E-state index in [1.807, 2.05) is 6.92 Å². The van der Waals surface area contributed by atoms with Crippen LogP contribution in [-0.2, 0) is 4.74 Å². The molecule has 3 rings (SSSR count). The number of rotatable bonds is 20.